The monoisotopic (exact) mass is 223 g/mol. The van der Waals surface area contributed by atoms with Gasteiger partial charge in [0.05, 0.1) is 12.6 Å². The molecule has 1 heterocycles. The summed E-state index contributed by atoms with van der Waals surface area (Å²) in [6.07, 6.45) is 10.6. The van der Waals surface area contributed by atoms with E-state index in [9.17, 15) is 0 Å². The maximum Gasteiger partial charge on any atom is 0.0688 e. The quantitative estimate of drug-likeness (QED) is 0.399. The minimum Gasteiger partial charge on any atom is -0.377 e. The van der Waals surface area contributed by atoms with E-state index in [4.69, 9.17) is 10.3 Å². The summed E-state index contributed by atoms with van der Waals surface area (Å²) < 4.78 is 5.78. The van der Waals surface area contributed by atoms with Crippen LogP contribution in [-0.4, -0.2) is 19.3 Å². The third-order valence-corrected chi connectivity index (χ3v) is 4.26. The summed E-state index contributed by atoms with van der Waals surface area (Å²) in [7, 11) is 0. The number of nitrogens with zero attached hydrogens (tertiary/aromatic N) is 3. The van der Waals surface area contributed by atoms with Crippen LogP contribution in [0.25, 0.3) is 10.4 Å². The summed E-state index contributed by atoms with van der Waals surface area (Å²) in [4.78, 5) is 2.86. The van der Waals surface area contributed by atoms with Gasteiger partial charge in [-0.3, -0.25) is 0 Å². The molecule has 2 fully saturated rings. The van der Waals surface area contributed by atoms with E-state index >= 15 is 0 Å². The van der Waals surface area contributed by atoms with Gasteiger partial charge in [0.2, 0.25) is 0 Å². The van der Waals surface area contributed by atoms with Gasteiger partial charge in [0.1, 0.15) is 0 Å². The molecule has 2 aliphatic rings. The van der Waals surface area contributed by atoms with Crippen LogP contribution in [0.4, 0.5) is 0 Å². The first-order valence-electron chi connectivity index (χ1n) is 6.50. The molecule has 2 rings (SSSR count). The molecule has 16 heavy (non-hydrogen) atoms. The molecule has 1 saturated heterocycles. The number of hydrogen-bond acceptors (Lipinski definition) is 2. The molecular weight excluding hydrogens is 202 g/mol. The third-order valence-electron chi connectivity index (χ3n) is 4.26. The van der Waals surface area contributed by atoms with Gasteiger partial charge in [0.15, 0.2) is 0 Å². The summed E-state index contributed by atoms with van der Waals surface area (Å²) in [5.74, 6) is 0. The van der Waals surface area contributed by atoms with Gasteiger partial charge < -0.3 is 4.74 Å². The highest BCUT2D eigenvalue weighted by molar-refractivity contribution is 4.93. The van der Waals surface area contributed by atoms with Crippen molar-refractivity contribution in [3.8, 4) is 0 Å². The van der Waals surface area contributed by atoms with Gasteiger partial charge in [-0.25, -0.2) is 0 Å². The van der Waals surface area contributed by atoms with Crippen LogP contribution in [0.1, 0.15) is 51.4 Å². The van der Waals surface area contributed by atoms with E-state index < -0.39 is 0 Å². The van der Waals surface area contributed by atoms with E-state index in [-0.39, 0.29) is 6.10 Å². The Morgan fingerprint density at radius 2 is 1.81 bits per heavy atom. The molecule has 4 heteroatoms. The van der Waals surface area contributed by atoms with Crippen LogP contribution in [0.2, 0.25) is 0 Å². The smallest absolute Gasteiger partial charge is 0.0688 e. The van der Waals surface area contributed by atoms with Crippen LogP contribution in [0.3, 0.4) is 0 Å². The summed E-state index contributed by atoms with van der Waals surface area (Å²) >= 11 is 0. The SMILES string of the molecule is [N-]=[N+]=NCC1OCCC12CCCCCCC2. The molecular formula is C12H21N3O. The van der Waals surface area contributed by atoms with Crippen molar-refractivity contribution in [2.24, 2.45) is 10.5 Å². The molecule has 0 radical (unpaired) electrons. The molecule has 90 valence electrons. The van der Waals surface area contributed by atoms with E-state index in [2.05, 4.69) is 10.0 Å². The Morgan fingerprint density at radius 1 is 1.12 bits per heavy atom. The van der Waals surface area contributed by atoms with Crippen LogP contribution in [0, 0.1) is 5.41 Å². The predicted octanol–water partition coefficient (Wildman–Crippen LogP) is 3.82. The lowest BCUT2D eigenvalue weighted by Crippen LogP contribution is -2.33. The predicted molar refractivity (Wildman–Crippen MR) is 63.1 cm³/mol. The zero-order chi connectivity index (χ0) is 11.3. The van der Waals surface area contributed by atoms with Crippen molar-refractivity contribution < 1.29 is 4.74 Å². The van der Waals surface area contributed by atoms with Crippen LogP contribution in [-0.2, 0) is 4.74 Å². The molecule has 0 aromatic rings. The van der Waals surface area contributed by atoms with Gasteiger partial charge in [-0.2, -0.15) is 0 Å². The fraction of sp³-hybridized carbons (Fsp3) is 1.00. The number of azide groups is 1. The summed E-state index contributed by atoms with van der Waals surface area (Å²) in [6.45, 7) is 1.38. The van der Waals surface area contributed by atoms with Crippen molar-refractivity contribution >= 4 is 0 Å². The molecule has 1 spiro atoms. The Kier molecular flexibility index (Phi) is 4.08. The lowest BCUT2D eigenvalue weighted by molar-refractivity contribution is 0.0409. The first-order chi connectivity index (χ1) is 7.87. The zero-order valence-corrected chi connectivity index (χ0v) is 9.90. The first-order valence-corrected chi connectivity index (χ1v) is 6.50. The lowest BCUT2D eigenvalue weighted by atomic mass is 9.71. The highest BCUT2D eigenvalue weighted by atomic mass is 16.5. The number of rotatable bonds is 2. The molecule has 1 unspecified atom stereocenters. The molecule has 1 atom stereocenters. The standard InChI is InChI=1S/C12H21N3O/c13-15-14-10-11-12(8-9-16-11)6-4-2-1-3-5-7-12/h11H,1-10H2. The minimum atomic E-state index is 0.182. The fourth-order valence-electron chi connectivity index (χ4n) is 3.28. The van der Waals surface area contributed by atoms with E-state index in [0.717, 1.165) is 6.61 Å². The second-order valence-electron chi connectivity index (χ2n) is 5.15. The Labute approximate surface area is 97.0 Å². The van der Waals surface area contributed by atoms with E-state index in [1.54, 1.807) is 0 Å². The third kappa shape index (κ3) is 2.50. The van der Waals surface area contributed by atoms with Crippen LogP contribution in [0.15, 0.2) is 5.11 Å². The molecule has 0 N–H and O–H groups in total. The average Bonchev–Trinajstić information content (AvgIpc) is 2.65. The molecule has 4 nitrogen and oxygen atoms in total. The summed E-state index contributed by atoms with van der Waals surface area (Å²) in [5, 5.41) is 3.71. The highest BCUT2D eigenvalue weighted by Crippen LogP contribution is 2.45. The van der Waals surface area contributed by atoms with E-state index in [1.165, 1.54) is 51.4 Å². The van der Waals surface area contributed by atoms with Gasteiger partial charge in [-0.05, 0) is 30.2 Å². The van der Waals surface area contributed by atoms with Crippen LogP contribution < -0.4 is 0 Å². The normalized spacial score (nSPS) is 29.4. The van der Waals surface area contributed by atoms with Crippen molar-refractivity contribution in [2.45, 2.75) is 57.5 Å². The van der Waals surface area contributed by atoms with Gasteiger partial charge in [0.25, 0.3) is 0 Å². The van der Waals surface area contributed by atoms with Crippen molar-refractivity contribution in [3.05, 3.63) is 10.4 Å². The lowest BCUT2D eigenvalue weighted by Gasteiger charge is -2.35. The topological polar surface area (TPSA) is 58.0 Å². The number of hydrogen-bond donors (Lipinski definition) is 0. The zero-order valence-electron chi connectivity index (χ0n) is 9.90. The molecule has 0 amide bonds. The molecule has 0 aromatic carbocycles. The van der Waals surface area contributed by atoms with Gasteiger partial charge >= 0.3 is 0 Å². The van der Waals surface area contributed by atoms with Crippen LogP contribution in [0.5, 0.6) is 0 Å². The average molecular weight is 223 g/mol. The van der Waals surface area contributed by atoms with E-state index in [1.807, 2.05) is 0 Å². The maximum atomic E-state index is 8.42. The Bertz CT molecular complexity index is 265. The van der Waals surface area contributed by atoms with Gasteiger partial charge in [0, 0.05) is 11.5 Å². The Morgan fingerprint density at radius 3 is 2.50 bits per heavy atom. The van der Waals surface area contributed by atoms with Gasteiger partial charge in [-0.1, -0.05) is 37.2 Å². The van der Waals surface area contributed by atoms with Crippen molar-refractivity contribution in [1.82, 2.24) is 0 Å². The molecule has 1 saturated carbocycles. The highest BCUT2D eigenvalue weighted by Gasteiger charge is 2.42. The first kappa shape index (κ1) is 11.7. The van der Waals surface area contributed by atoms with Crippen molar-refractivity contribution in [3.63, 3.8) is 0 Å². The molecule has 1 aliphatic heterocycles. The summed E-state index contributed by atoms with van der Waals surface area (Å²) in [6, 6.07) is 0. The minimum absolute atomic E-state index is 0.182. The second kappa shape index (κ2) is 5.55. The van der Waals surface area contributed by atoms with Gasteiger partial charge in [-0.15, -0.1) is 0 Å². The molecule has 0 aromatic heterocycles. The van der Waals surface area contributed by atoms with Crippen LogP contribution >= 0.6 is 0 Å². The summed E-state index contributed by atoms with van der Waals surface area (Å²) in [5.41, 5.74) is 8.74. The molecule has 0 bridgehead atoms. The van der Waals surface area contributed by atoms with E-state index in [0.29, 0.717) is 12.0 Å². The molecule has 1 aliphatic carbocycles. The largest absolute Gasteiger partial charge is 0.377 e. The fourth-order valence-corrected chi connectivity index (χ4v) is 3.28. The maximum absolute atomic E-state index is 8.42. The Balaban J connectivity index is 2.03. The second-order valence-corrected chi connectivity index (χ2v) is 5.15. The number of ether oxygens (including phenoxy) is 1. The Hall–Kier alpha value is -0.730. The van der Waals surface area contributed by atoms with Crippen molar-refractivity contribution in [1.29, 1.82) is 0 Å². The van der Waals surface area contributed by atoms with Crippen molar-refractivity contribution in [2.75, 3.05) is 13.2 Å².